The van der Waals surface area contributed by atoms with E-state index < -0.39 is 0 Å². The molecule has 5 rings (SSSR count). The molecule has 1 saturated heterocycles. The Morgan fingerprint density at radius 2 is 1.68 bits per heavy atom. The molecule has 1 aromatic heterocycles. The number of hydrogen-bond acceptors (Lipinski definition) is 5. The van der Waals surface area contributed by atoms with Gasteiger partial charge in [-0.25, -0.2) is 9.97 Å². The lowest BCUT2D eigenvalue weighted by Crippen LogP contribution is -2.52. The lowest BCUT2D eigenvalue weighted by Gasteiger charge is -2.44. The molecular formula is C23H37N5. The molecule has 3 fully saturated rings. The molecule has 2 aliphatic heterocycles. The van der Waals surface area contributed by atoms with Crippen molar-refractivity contribution in [2.24, 2.45) is 5.92 Å². The topological polar surface area (TPSA) is 35.5 Å². The molecule has 0 amide bonds. The zero-order chi connectivity index (χ0) is 18.9. The first-order valence-corrected chi connectivity index (χ1v) is 11.9. The van der Waals surface area contributed by atoms with Crippen LogP contribution in [0.3, 0.4) is 0 Å². The Bertz CT molecular complexity index is 659. The van der Waals surface area contributed by atoms with E-state index in [1.54, 1.807) is 0 Å². The third kappa shape index (κ3) is 3.68. The van der Waals surface area contributed by atoms with Crippen LogP contribution in [0.1, 0.15) is 69.5 Å². The van der Waals surface area contributed by atoms with Crippen molar-refractivity contribution >= 4 is 5.82 Å². The molecule has 0 spiro atoms. The Morgan fingerprint density at radius 3 is 2.39 bits per heavy atom. The van der Waals surface area contributed by atoms with Crippen molar-refractivity contribution in [2.75, 3.05) is 37.6 Å². The van der Waals surface area contributed by atoms with Crippen LogP contribution in [0.5, 0.6) is 0 Å². The first-order valence-electron chi connectivity index (χ1n) is 11.9. The second kappa shape index (κ2) is 8.27. The molecule has 4 aliphatic rings. The molecule has 1 unspecified atom stereocenters. The molecule has 3 heterocycles. The monoisotopic (exact) mass is 383 g/mol. The quantitative estimate of drug-likeness (QED) is 0.795. The van der Waals surface area contributed by atoms with Crippen molar-refractivity contribution < 1.29 is 0 Å². The fourth-order valence-electron chi connectivity index (χ4n) is 5.94. The normalized spacial score (nSPS) is 26.7. The number of anilines is 1. The molecule has 0 radical (unpaired) electrons. The molecule has 0 aromatic carbocycles. The summed E-state index contributed by atoms with van der Waals surface area (Å²) in [6, 6.07) is 1.56. The summed E-state index contributed by atoms with van der Waals surface area (Å²) in [4.78, 5) is 17.4. The lowest BCUT2D eigenvalue weighted by atomic mass is 9.83. The third-order valence-electron chi connectivity index (χ3n) is 8.13. The summed E-state index contributed by atoms with van der Waals surface area (Å²) in [6.45, 7) is 9.31. The highest BCUT2D eigenvalue weighted by Crippen LogP contribution is 2.33. The van der Waals surface area contributed by atoms with Gasteiger partial charge in [0, 0.05) is 56.9 Å². The van der Waals surface area contributed by atoms with Gasteiger partial charge in [-0.15, -0.1) is 0 Å². The molecule has 5 nitrogen and oxygen atoms in total. The summed E-state index contributed by atoms with van der Waals surface area (Å²) in [5.41, 5.74) is 2.73. The largest absolute Gasteiger partial charge is 0.354 e. The van der Waals surface area contributed by atoms with Gasteiger partial charge in [-0.1, -0.05) is 25.7 Å². The molecule has 28 heavy (non-hydrogen) atoms. The van der Waals surface area contributed by atoms with Gasteiger partial charge >= 0.3 is 0 Å². The van der Waals surface area contributed by atoms with Crippen LogP contribution in [-0.4, -0.2) is 64.6 Å². The molecule has 1 aromatic rings. The van der Waals surface area contributed by atoms with Gasteiger partial charge in [-0.2, -0.15) is 0 Å². The van der Waals surface area contributed by atoms with Gasteiger partial charge in [0.1, 0.15) is 12.1 Å². The number of aromatic nitrogens is 2. The Hall–Kier alpha value is -1.20. The van der Waals surface area contributed by atoms with E-state index in [1.165, 1.54) is 88.1 Å². The minimum atomic E-state index is 0.692. The van der Waals surface area contributed by atoms with Crippen LogP contribution in [0.15, 0.2) is 6.33 Å². The summed E-state index contributed by atoms with van der Waals surface area (Å²) in [6.07, 6.45) is 14.3. The minimum absolute atomic E-state index is 0.692. The average Bonchev–Trinajstić information content (AvgIpc) is 2.72. The van der Waals surface area contributed by atoms with Crippen molar-refractivity contribution in [3.8, 4) is 0 Å². The van der Waals surface area contributed by atoms with Crippen LogP contribution < -0.4 is 4.90 Å². The van der Waals surface area contributed by atoms with Gasteiger partial charge in [0.15, 0.2) is 0 Å². The van der Waals surface area contributed by atoms with Crippen molar-refractivity contribution in [2.45, 2.75) is 83.3 Å². The molecule has 0 N–H and O–H groups in total. The van der Waals surface area contributed by atoms with E-state index in [2.05, 4.69) is 21.6 Å². The van der Waals surface area contributed by atoms with Gasteiger partial charge in [-0.05, 0) is 44.9 Å². The molecule has 1 atom stereocenters. The second-order valence-corrected chi connectivity index (χ2v) is 9.59. The van der Waals surface area contributed by atoms with Gasteiger partial charge < -0.3 is 4.90 Å². The van der Waals surface area contributed by atoms with Crippen LogP contribution in [0, 0.1) is 5.92 Å². The summed E-state index contributed by atoms with van der Waals surface area (Å²) < 4.78 is 0. The van der Waals surface area contributed by atoms with Gasteiger partial charge in [0.25, 0.3) is 0 Å². The van der Waals surface area contributed by atoms with Crippen LogP contribution in [0.4, 0.5) is 5.82 Å². The van der Waals surface area contributed by atoms with Gasteiger partial charge in [0.05, 0.1) is 5.69 Å². The molecule has 5 heteroatoms. The zero-order valence-electron chi connectivity index (χ0n) is 17.7. The molecular weight excluding hydrogens is 346 g/mol. The SMILES string of the molecule is CC(C1CCCCC1)N1CCc2c(ncnc2N2CCN(C3CCC3)CC2)C1. The Balaban J connectivity index is 1.25. The average molecular weight is 384 g/mol. The van der Waals surface area contributed by atoms with E-state index in [9.17, 15) is 0 Å². The number of hydrogen-bond donors (Lipinski definition) is 0. The highest BCUT2D eigenvalue weighted by atomic mass is 15.3. The van der Waals surface area contributed by atoms with Crippen molar-refractivity contribution in [3.63, 3.8) is 0 Å². The first-order chi connectivity index (χ1) is 13.8. The Kier molecular flexibility index (Phi) is 5.56. The van der Waals surface area contributed by atoms with E-state index in [1.807, 2.05) is 6.33 Å². The minimum Gasteiger partial charge on any atom is -0.354 e. The third-order valence-corrected chi connectivity index (χ3v) is 8.13. The molecule has 154 valence electrons. The van der Waals surface area contributed by atoms with Gasteiger partial charge in [-0.3, -0.25) is 9.80 Å². The van der Waals surface area contributed by atoms with E-state index in [0.29, 0.717) is 6.04 Å². The summed E-state index contributed by atoms with van der Waals surface area (Å²) in [7, 11) is 0. The number of fused-ring (bicyclic) bond motifs is 1. The molecule has 0 bridgehead atoms. The maximum Gasteiger partial charge on any atom is 0.135 e. The fraction of sp³-hybridized carbons (Fsp3) is 0.826. The van der Waals surface area contributed by atoms with Crippen LogP contribution in [0.2, 0.25) is 0 Å². The van der Waals surface area contributed by atoms with E-state index in [4.69, 9.17) is 9.97 Å². The summed E-state index contributed by atoms with van der Waals surface area (Å²) in [5, 5.41) is 0. The van der Waals surface area contributed by atoms with Crippen molar-refractivity contribution in [1.29, 1.82) is 0 Å². The van der Waals surface area contributed by atoms with Crippen LogP contribution in [-0.2, 0) is 13.0 Å². The summed E-state index contributed by atoms with van der Waals surface area (Å²) in [5.74, 6) is 2.12. The number of nitrogens with zero attached hydrogens (tertiary/aromatic N) is 5. The molecule has 2 aliphatic carbocycles. The second-order valence-electron chi connectivity index (χ2n) is 9.59. The highest BCUT2D eigenvalue weighted by molar-refractivity contribution is 5.50. The number of rotatable bonds is 4. The van der Waals surface area contributed by atoms with Crippen LogP contribution >= 0.6 is 0 Å². The van der Waals surface area contributed by atoms with E-state index in [-0.39, 0.29) is 0 Å². The predicted octanol–water partition coefficient (Wildman–Crippen LogP) is 3.48. The van der Waals surface area contributed by atoms with Crippen molar-refractivity contribution in [3.05, 3.63) is 17.6 Å². The summed E-state index contributed by atoms with van der Waals surface area (Å²) >= 11 is 0. The smallest absolute Gasteiger partial charge is 0.135 e. The van der Waals surface area contributed by atoms with Crippen LogP contribution in [0.25, 0.3) is 0 Å². The van der Waals surface area contributed by atoms with Gasteiger partial charge in [0.2, 0.25) is 0 Å². The van der Waals surface area contributed by atoms with E-state index in [0.717, 1.165) is 38.0 Å². The first kappa shape index (κ1) is 18.8. The number of piperazine rings is 1. The van der Waals surface area contributed by atoms with Crippen molar-refractivity contribution in [1.82, 2.24) is 19.8 Å². The maximum atomic E-state index is 4.76. The Morgan fingerprint density at radius 1 is 0.893 bits per heavy atom. The standard InChI is InChI=1S/C23H37N5/c1-18(19-6-3-2-4-7-19)28-11-10-21-22(16-28)24-17-25-23(21)27-14-12-26(13-15-27)20-8-5-9-20/h17-20H,2-16H2,1H3. The zero-order valence-corrected chi connectivity index (χ0v) is 17.7. The van der Waals surface area contributed by atoms with E-state index >= 15 is 0 Å². The Labute approximate surface area is 170 Å². The fourth-order valence-corrected chi connectivity index (χ4v) is 5.94. The lowest BCUT2D eigenvalue weighted by molar-refractivity contribution is 0.114. The molecule has 2 saturated carbocycles. The maximum absolute atomic E-state index is 4.76. The predicted molar refractivity (Wildman–Crippen MR) is 114 cm³/mol. The highest BCUT2D eigenvalue weighted by Gasteiger charge is 2.32.